The Morgan fingerprint density at radius 3 is 2.75 bits per heavy atom. The predicted molar refractivity (Wildman–Crippen MR) is 68.5 cm³/mol. The van der Waals surface area contributed by atoms with Crippen LogP contribution in [0, 0.1) is 5.41 Å². The van der Waals surface area contributed by atoms with Crippen molar-refractivity contribution in [1.82, 2.24) is 5.32 Å². The smallest absolute Gasteiger partial charge is 0.180 e. The number of thiophene rings is 1. The molecule has 0 saturated carbocycles. The number of piperidine rings is 1. The molecule has 2 heterocycles. The molecule has 16 heavy (non-hydrogen) atoms. The lowest BCUT2D eigenvalue weighted by atomic mass is 9.73. The number of carbonyl (C=O) groups excluding carboxylic acids is 1. The van der Waals surface area contributed by atoms with Crippen molar-refractivity contribution < 1.29 is 4.79 Å². The molecule has 0 bridgehead atoms. The first kappa shape index (κ1) is 12.1. The van der Waals surface area contributed by atoms with E-state index in [9.17, 15) is 4.79 Å². The molecule has 88 valence electrons. The normalized spacial score (nSPS) is 19.6. The second-order valence-electron chi connectivity index (χ2n) is 4.31. The summed E-state index contributed by atoms with van der Waals surface area (Å²) in [5.74, 6) is 0.247. The van der Waals surface area contributed by atoms with E-state index in [1.165, 1.54) is 11.3 Å². The van der Waals surface area contributed by atoms with Crippen molar-refractivity contribution in [3.05, 3.63) is 21.3 Å². The van der Waals surface area contributed by atoms with Gasteiger partial charge in [0.25, 0.3) is 0 Å². The summed E-state index contributed by atoms with van der Waals surface area (Å²) < 4.78 is 0. The Balaban J connectivity index is 2.28. The van der Waals surface area contributed by atoms with E-state index in [-0.39, 0.29) is 11.2 Å². The first-order chi connectivity index (χ1) is 7.69. The fourth-order valence-corrected chi connectivity index (χ4v) is 3.54. The van der Waals surface area contributed by atoms with Crippen LogP contribution < -0.4 is 5.32 Å². The summed E-state index contributed by atoms with van der Waals surface area (Å²) in [5.41, 5.74) is -0.181. The fraction of sp³-hybridized carbons (Fsp3) is 0.583. The van der Waals surface area contributed by atoms with E-state index >= 15 is 0 Å². The third kappa shape index (κ3) is 2.04. The maximum Gasteiger partial charge on any atom is 0.180 e. The predicted octanol–water partition coefficient (Wildman–Crippen LogP) is 3.36. The summed E-state index contributed by atoms with van der Waals surface area (Å²) in [6, 6.07) is 1.81. The molecule has 0 atom stereocenters. The zero-order chi connectivity index (χ0) is 11.6. The van der Waals surface area contributed by atoms with Crippen molar-refractivity contribution in [3.8, 4) is 0 Å². The molecule has 2 nitrogen and oxygen atoms in total. The number of Topliss-reactive ketones (excluding diaryl/α,β-unsaturated/α-hetero) is 1. The van der Waals surface area contributed by atoms with Crippen LogP contribution in [0.5, 0.6) is 0 Å². The van der Waals surface area contributed by atoms with E-state index in [1.807, 2.05) is 11.4 Å². The monoisotopic (exact) mass is 257 g/mol. The zero-order valence-electron chi connectivity index (χ0n) is 9.38. The molecule has 2 rings (SSSR count). The van der Waals surface area contributed by atoms with Crippen molar-refractivity contribution in [2.24, 2.45) is 5.41 Å². The van der Waals surface area contributed by atoms with Gasteiger partial charge in [-0.2, -0.15) is 0 Å². The molecule has 1 aliphatic rings. The van der Waals surface area contributed by atoms with Crippen LogP contribution in [-0.2, 0) is 0 Å². The summed E-state index contributed by atoms with van der Waals surface area (Å²) in [6.07, 6.45) is 2.76. The van der Waals surface area contributed by atoms with Gasteiger partial charge >= 0.3 is 0 Å². The Hall–Kier alpha value is -0.380. The molecule has 0 amide bonds. The molecule has 1 N–H and O–H groups in total. The van der Waals surface area contributed by atoms with Gasteiger partial charge in [0.1, 0.15) is 0 Å². The molecule has 0 unspecified atom stereocenters. The van der Waals surface area contributed by atoms with Crippen molar-refractivity contribution in [1.29, 1.82) is 0 Å². The topological polar surface area (TPSA) is 29.1 Å². The van der Waals surface area contributed by atoms with Crippen LogP contribution >= 0.6 is 22.9 Å². The van der Waals surface area contributed by atoms with E-state index in [4.69, 9.17) is 11.6 Å². The van der Waals surface area contributed by atoms with Crippen molar-refractivity contribution in [3.63, 3.8) is 0 Å². The molecular weight excluding hydrogens is 242 g/mol. The molecule has 1 aromatic heterocycles. The number of hydrogen-bond donors (Lipinski definition) is 1. The summed E-state index contributed by atoms with van der Waals surface area (Å²) in [6.45, 7) is 3.97. The number of carbonyl (C=O) groups is 1. The highest BCUT2D eigenvalue weighted by molar-refractivity contribution is 7.12. The minimum atomic E-state index is -0.181. The van der Waals surface area contributed by atoms with Gasteiger partial charge in [-0.05, 0) is 43.8 Å². The lowest BCUT2D eigenvalue weighted by Gasteiger charge is -2.35. The van der Waals surface area contributed by atoms with Gasteiger partial charge in [-0.15, -0.1) is 11.3 Å². The van der Waals surface area contributed by atoms with Gasteiger partial charge in [0, 0.05) is 5.41 Å². The third-order valence-electron chi connectivity index (χ3n) is 3.54. The molecule has 1 saturated heterocycles. The Bertz CT molecular complexity index is 382. The first-order valence-corrected chi connectivity index (χ1v) is 6.94. The molecule has 0 aliphatic carbocycles. The average Bonchev–Trinajstić information content (AvgIpc) is 2.75. The summed E-state index contributed by atoms with van der Waals surface area (Å²) in [4.78, 5) is 13.3. The molecule has 1 aliphatic heterocycles. The largest absolute Gasteiger partial charge is 0.317 e. The number of rotatable bonds is 3. The molecule has 4 heteroatoms. The molecule has 1 fully saturated rings. The van der Waals surface area contributed by atoms with Crippen LogP contribution in [0.25, 0.3) is 0 Å². The zero-order valence-corrected chi connectivity index (χ0v) is 11.0. The van der Waals surface area contributed by atoms with Gasteiger partial charge in [0.05, 0.1) is 9.90 Å². The Labute approximate surface area is 105 Å². The van der Waals surface area contributed by atoms with Crippen LogP contribution in [0.4, 0.5) is 0 Å². The maximum atomic E-state index is 12.5. The summed E-state index contributed by atoms with van der Waals surface area (Å²) in [5, 5.41) is 5.81. The van der Waals surface area contributed by atoms with Gasteiger partial charge in [-0.1, -0.05) is 18.5 Å². The lowest BCUT2D eigenvalue weighted by molar-refractivity contribution is 0.0722. The van der Waals surface area contributed by atoms with E-state index < -0.39 is 0 Å². The number of halogens is 1. The van der Waals surface area contributed by atoms with E-state index in [0.29, 0.717) is 5.02 Å². The minimum absolute atomic E-state index is 0.181. The third-order valence-corrected chi connectivity index (χ3v) is 4.88. The molecule has 0 aromatic carbocycles. The van der Waals surface area contributed by atoms with Crippen LogP contribution in [0.1, 0.15) is 35.9 Å². The van der Waals surface area contributed by atoms with Crippen LogP contribution in [-0.4, -0.2) is 18.9 Å². The number of nitrogens with one attached hydrogen (secondary N) is 1. The molecule has 0 radical (unpaired) electrons. The summed E-state index contributed by atoms with van der Waals surface area (Å²) >= 11 is 7.51. The highest BCUT2D eigenvalue weighted by Crippen LogP contribution is 2.39. The molecular formula is C12H16ClNOS. The van der Waals surface area contributed by atoms with Crippen molar-refractivity contribution in [2.75, 3.05) is 13.1 Å². The molecule has 1 aromatic rings. The van der Waals surface area contributed by atoms with E-state index in [0.717, 1.165) is 37.2 Å². The highest BCUT2D eigenvalue weighted by Gasteiger charge is 2.39. The van der Waals surface area contributed by atoms with E-state index in [2.05, 4.69) is 12.2 Å². The summed E-state index contributed by atoms with van der Waals surface area (Å²) in [7, 11) is 0. The Kier molecular flexibility index (Phi) is 3.67. The lowest BCUT2D eigenvalue weighted by Crippen LogP contribution is -2.41. The molecule has 0 spiro atoms. The minimum Gasteiger partial charge on any atom is -0.317 e. The van der Waals surface area contributed by atoms with Gasteiger partial charge in [0.15, 0.2) is 5.78 Å². The van der Waals surface area contributed by atoms with Crippen LogP contribution in [0.2, 0.25) is 5.02 Å². The van der Waals surface area contributed by atoms with Gasteiger partial charge in [-0.25, -0.2) is 0 Å². The quantitative estimate of drug-likeness (QED) is 0.842. The fourth-order valence-electron chi connectivity index (χ4n) is 2.34. The average molecular weight is 258 g/mol. The second kappa shape index (κ2) is 4.86. The Morgan fingerprint density at radius 1 is 1.56 bits per heavy atom. The SMILES string of the molecule is CCC1(C(=O)c2sccc2Cl)CCNCC1. The number of hydrogen-bond acceptors (Lipinski definition) is 3. The first-order valence-electron chi connectivity index (χ1n) is 5.68. The van der Waals surface area contributed by atoms with Crippen molar-refractivity contribution in [2.45, 2.75) is 26.2 Å². The van der Waals surface area contributed by atoms with Crippen molar-refractivity contribution >= 4 is 28.7 Å². The second-order valence-corrected chi connectivity index (χ2v) is 5.63. The van der Waals surface area contributed by atoms with Gasteiger partial charge in [0.2, 0.25) is 0 Å². The number of ketones is 1. The standard InChI is InChI=1S/C12H16ClNOS/c1-2-12(4-6-14-7-5-12)11(15)10-9(13)3-8-16-10/h3,8,14H,2,4-7H2,1H3. The highest BCUT2D eigenvalue weighted by atomic mass is 35.5. The maximum absolute atomic E-state index is 12.5. The van der Waals surface area contributed by atoms with Gasteiger partial charge in [-0.3, -0.25) is 4.79 Å². The van der Waals surface area contributed by atoms with Crippen LogP contribution in [0.3, 0.4) is 0 Å². The van der Waals surface area contributed by atoms with Crippen LogP contribution in [0.15, 0.2) is 11.4 Å². The van der Waals surface area contributed by atoms with E-state index in [1.54, 1.807) is 0 Å². The Morgan fingerprint density at radius 2 is 2.25 bits per heavy atom. The van der Waals surface area contributed by atoms with Gasteiger partial charge < -0.3 is 5.32 Å².